The Morgan fingerprint density at radius 3 is 2.68 bits per heavy atom. The Morgan fingerprint density at radius 1 is 1.10 bits per heavy atom. The van der Waals surface area contributed by atoms with E-state index in [0.717, 1.165) is 28.7 Å². The van der Waals surface area contributed by atoms with Gasteiger partial charge in [-0.15, -0.1) is 0 Å². The number of pyridine rings is 1. The van der Waals surface area contributed by atoms with Crippen molar-refractivity contribution in [3.8, 4) is 22.8 Å². The van der Waals surface area contributed by atoms with Crippen molar-refractivity contribution in [2.45, 2.75) is 19.3 Å². The van der Waals surface area contributed by atoms with Gasteiger partial charge in [-0.05, 0) is 61.4 Å². The molecule has 158 valence electrons. The molecule has 2 heterocycles. The third kappa shape index (κ3) is 4.71. The van der Waals surface area contributed by atoms with Crippen LogP contribution in [0.1, 0.15) is 19.3 Å². The highest BCUT2D eigenvalue weighted by atomic mass is 19.1. The summed E-state index contributed by atoms with van der Waals surface area (Å²) >= 11 is 0. The number of methoxy groups -OCH3 is 1. The van der Waals surface area contributed by atoms with E-state index in [2.05, 4.69) is 9.72 Å². The molecule has 0 atom stereocenters. The largest absolute Gasteiger partial charge is 0.494 e. The zero-order chi connectivity index (χ0) is 21.6. The van der Waals surface area contributed by atoms with E-state index >= 15 is 0 Å². The van der Waals surface area contributed by atoms with Crippen molar-refractivity contribution in [3.05, 3.63) is 72.8 Å². The second-order valence-corrected chi connectivity index (χ2v) is 7.02. The van der Waals surface area contributed by atoms with Crippen molar-refractivity contribution in [2.24, 2.45) is 0 Å². The van der Waals surface area contributed by atoms with Crippen LogP contribution in [0, 0.1) is 5.82 Å². The monoisotopic (exact) mass is 419 g/mol. The lowest BCUT2D eigenvalue weighted by Crippen LogP contribution is -2.03. The van der Waals surface area contributed by atoms with Gasteiger partial charge in [0.2, 0.25) is 0 Å². The fourth-order valence-corrected chi connectivity index (χ4v) is 3.35. The topological polar surface area (TPSA) is 66.2 Å². The van der Waals surface area contributed by atoms with Gasteiger partial charge in [0, 0.05) is 36.1 Å². The first-order valence-electron chi connectivity index (χ1n) is 10.0. The highest BCUT2D eigenvalue weighted by Crippen LogP contribution is 2.30. The molecule has 0 spiro atoms. The number of hydrogen-bond acceptors (Lipinski definition) is 5. The molecule has 31 heavy (non-hydrogen) atoms. The van der Waals surface area contributed by atoms with Crippen LogP contribution >= 0.6 is 0 Å². The van der Waals surface area contributed by atoms with Gasteiger partial charge in [0.25, 0.3) is 0 Å². The number of carbonyl (C=O) groups is 1. The minimum Gasteiger partial charge on any atom is -0.494 e. The summed E-state index contributed by atoms with van der Waals surface area (Å²) < 4.78 is 26.0. The van der Waals surface area contributed by atoms with Crippen LogP contribution in [0.4, 0.5) is 4.39 Å². The maximum absolute atomic E-state index is 13.5. The maximum Gasteiger partial charge on any atom is 0.305 e. The molecule has 0 unspecified atom stereocenters. The molecule has 0 fully saturated rings. The Bertz CT molecular complexity index is 1170. The first kappa shape index (κ1) is 20.5. The van der Waals surface area contributed by atoms with Gasteiger partial charge in [0.1, 0.15) is 17.4 Å². The van der Waals surface area contributed by atoms with Gasteiger partial charge < -0.3 is 9.47 Å². The number of carbonyl (C=O) groups excluding carboxylic acids is 1. The van der Waals surface area contributed by atoms with E-state index in [1.165, 1.54) is 19.2 Å². The number of halogens is 1. The molecule has 0 N–H and O–H groups in total. The van der Waals surface area contributed by atoms with Crippen LogP contribution in [0.2, 0.25) is 0 Å². The zero-order valence-electron chi connectivity index (χ0n) is 17.1. The Morgan fingerprint density at radius 2 is 1.94 bits per heavy atom. The summed E-state index contributed by atoms with van der Waals surface area (Å²) in [4.78, 5) is 20.2. The number of imidazole rings is 1. The van der Waals surface area contributed by atoms with Crippen molar-refractivity contribution in [3.63, 3.8) is 0 Å². The third-order valence-corrected chi connectivity index (χ3v) is 4.90. The fraction of sp³-hybridized carbons (Fsp3) is 0.208. The average Bonchev–Trinajstić information content (AvgIpc) is 3.18. The normalized spacial score (nSPS) is 10.9. The first-order valence-corrected chi connectivity index (χ1v) is 10.0. The Kier molecular flexibility index (Phi) is 6.21. The van der Waals surface area contributed by atoms with Crippen LogP contribution in [-0.4, -0.2) is 34.2 Å². The SMILES string of the molecule is COC(=O)CCCCOc1ccc2nc(-c3cccnc3)n(-c3ccc(F)cc3)c2c1. The van der Waals surface area contributed by atoms with E-state index in [1.807, 2.05) is 34.9 Å². The van der Waals surface area contributed by atoms with E-state index in [4.69, 9.17) is 9.72 Å². The number of benzene rings is 2. The zero-order valence-corrected chi connectivity index (χ0v) is 17.1. The van der Waals surface area contributed by atoms with Gasteiger partial charge in [-0.25, -0.2) is 9.37 Å². The molecular weight excluding hydrogens is 397 g/mol. The number of rotatable bonds is 8. The molecule has 4 aromatic rings. The van der Waals surface area contributed by atoms with Crippen LogP contribution in [0.5, 0.6) is 5.75 Å². The van der Waals surface area contributed by atoms with Gasteiger partial charge in [-0.2, -0.15) is 0 Å². The van der Waals surface area contributed by atoms with E-state index in [0.29, 0.717) is 31.0 Å². The molecular formula is C24H22FN3O3. The predicted octanol–water partition coefficient (Wildman–Crippen LogP) is 4.95. The van der Waals surface area contributed by atoms with Crippen molar-refractivity contribution < 1.29 is 18.7 Å². The summed E-state index contributed by atoms with van der Waals surface area (Å²) in [5.41, 5.74) is 3.28. The molecule has 2 aromatic carbocycles. The average molecular weight is 419 g/mol. The minimum absolute atomic E-state index is 0.215. The highest BCUT2D eigenvalue weighted by Gasteiger charge is 2.15. The molecule has 0 aliphatic heterocycles. The van der Waals surface area contributed by atoms with Crippen LogP contribution in [0.3, 0.4) is 0 Å². The van der Waals surface area contributed by atoms with Crippen molar-refractivity contribution >= 4 is 17.0 Å². The predicted molar refractivity (Wildman–Crippen MR) is 116 cm³/mol. The molecule has 7 heteroatoms. The van der Waals surface area contributed by atoms with Crippen LogP contribution < -0.4 is 4.74 Å². The number of hydrogen-bond donors (Lipinski definition) is 0. The molecule has 0 aliphatic carbocycles. The highest BCUT2D eigenvalue weighted by molar-refractivity contribution is 5.84. The molecule has 0 saturated carbocycles. The van der Waals surface area contributed by atoms with Crippen LogP contribution in [-0.2, 0) is 9.53 Å². The summed E-state index contributed by atoms with van der Waals surface area (Å²) in [5, 5.41) is 0. The molecule has 0 saturated heterocycles. The van der Waals surface area contributed by atoms with Gasteiger partial charge >= 0.3 is 5.97 Å². The van der Waals surface area contributed by atoms with Crippen LogP contribution in [0.15, 0.2) is 67.0 Å². The lowest BCUT2D eigenvalue weighted by atomic mass is 10.2. The third-order valence-electron chi connectivity index (χ3n) is 4.90. The van der Waals surface area contributed by atoms with E-state index in [-0.39, 0.29) is 11.8 Å². The molecule has 6 nitrogen and oxygen atoms in total. The molecule has 2 aromatic heterocycles. The van der Waals surface area contributed by atoms with E-state index in [9.17, 15) is 9.18 Å². The fourth-order valence-electron chi connectivity index (χ4n) is 3.35. The summed E-state index contributed by atoms with van der Waals surface area (Å²) in [7, 11) is 1.39. The second kappa shape index (κ2) is 9.38. The minimum atomic E-state index is -0.299. The lowest BCUT2D eigenvalue weighted by Gasteiger charge is -2.10. The van der Waals surface area contributed by atoms with Gasteiger partial charge in [-0.1, -0.05) is 0 Å². The van der Waals surface area contributed by atoms with Crippen molar-refractivity contribution in [2.75, 3.05) is 13.7 Å². The van der Waals surface area contributed by atoms with E-state index in [1.54, 1.807) is 24.5 Å². The second-order valence-electron chi connectivity index (χ2n) is 7.02. The lowest BCUT2D eigenvalue weighted by molar-refractivity contribution is -0.140. The number of nitrogens with zero attached hydrogens (tertiary/aromatic N) is 3. The summed E-state index contributed by atoms with van der Waals surface area (Å²) in [5.74, 6) is 0.899. The molecule has 0 aliphatic rings. The van der Waals surface area contributed by atoms with E-state index < -0.39 is 0 Å². The maximum atomic E-state index is 13.5. The van der Waals surface area contributed by atoms with Gasteiger partial charge in [0.05, 0.1) is 24.8 Å². The van der Waals surface area contributed by atoms with Crippen molar-refractivity contribution in [1.82, 2.24) is 14.5 Å². The first-order chi connectivity index (χ1) is 15.2. The number of aromatic nitrogens is 3. The number of ether oxygens (including phenoxy) is 2. The molecule has 0 radical (unpaired) electrons. The molecule has 0 amide bonds. The number of esters is 1. The number of unbranched alkanes of at least 4 members (excludes halogenated alkanes) is 1. The smallest absolute Gasteiger partial charge is 0.305 e. The Balaban J connectivity index is 1.65. The number of fused-ring (bicyclic) bond motifs is 1. The summed E-state index contributed by atoms with van der Waals surface area (Å²) in [6.07, 6.45) is 5.28. The summed E-state index contributed by atoms with van der Waals surface area (Å²) in [6.45, 7) is 0.489. The Labute approximate surface area is 179 Å². The molecule has 0 bridgehead atoms. The summed E-state index contributed by atoms with van der Waals surface area (Å²) in [6, 6.07) is 15.8. The van der Waals surface area contributed by atoms with Crippen molar-refractivity contribution in [1.29, 1.82) is 0 Å². The van der Waals surface area contributed by atoms with Crippen LogP contribution in [0.25, 0.3) is 28.1 Å². The quantitative estimate of drug-likeness (QED) is 0.299. The van der Waals surface area contributed by atoms with Gasteiger partial charge in [-0.3, -0.25) is 14.3 Å². The Hall–Kier alpha value is -3.74. The molecule has 4 rings (SSSR count). The van der Waals surface area contributed by atoms with Gasteiger partial charge in [0.15, 0.2) is 0 Å². The standard InChI is InChI=1S/C24H22FN3O3/c1-30-23(29)6-2-3-14-31-20-11-12-21-22(15-20)28(19-9-7-18(25)8-10-19)24(27-21)17-5-4-13-26-16-17/h4-5,7-13,15-16H,2-3,6,14H2,1H3.